The Morgan fingerprint density at radius 1 is 0.786 bits per heavy atom. The van der Waals surface area contributed by atoms with E-state index < -0.39 is 0 Å². The average Bonchev–Trinajstić information content (AvgIpc) is 3.56. The van der Waals surface area contributed by atoms with E-state index in [1.807, 2.05) is 0 Å². The number of hydrogen-bond acceptors (Lipinski definition) is 5. The fraction of sp³-hybridized carbons (Fsp3) is 0.913. The lowest BCUT2D eigenvalue weighted by Gasteiger charge is -2.21. The molecule has 5 heteroatoms. The zero-order valence-electron chi connectivity index (χ0n) is 17.1. The first kappa shape index (κ1) is 20.5. The van der Waals surface area contributed by atoms with E-state index in [1.165, 1.54) is 25.7 Å². The van der Waals surface area contributed by atoms with Crippen molar-refractivity contribution >= 4 is 11.6 Å². The third-order valence-electron chi connectivity index (χ3n) is 8.02. The predicted octanol–water partition coefficient (Wildman–Crippen LogP) is 3.46. The Balaban J connectivity index is 1.06. The van der Waals surface area contributed by atoms with Gasteiger partial charge in [-0.1, -0.05) is 25.7 Å². The Bertz CT molecular complexity index is 528. The van der Waals surface area contributed by atoms with Gasteiger partial charge in [0.2, 0.25) is 0 Å². The molecule has 28 heavy (non-hydrogen) atoms. The predicted molar refractivity (Wildman–Crippen MR) is 105 cm³/mol. The van der Waals surface area contributed by atoms with Crippen LogP contribution in [0.25, 0.3) is 0 Å². The monoisotopic (exact) mass is 392 g/mol. The van der Waals surface area contributed by atoms with Crippen LogP contribution in [0.4, 0.5) is 0 Å². The van der Waals surface area contributed by atoms with Gasteiger partial charge in [-0.2, -0.15) is 0 Å². The SMILES string of the molecule is O=C1COCC1C1(CCCCC(O)CCCCC2(C3COCC3=O)CC2)CC1. The lowest BCUT2D eigenvalue weighted by atomic mass is 9.82. The van der Waals surface area contributed by atoms with Crippen molar-refractivity contribution in [3.8, 4) is 0 Å². The Morgan fingerprint density at radius 2 is 1.21 bits per heavy atom. The van der Waals surface area contributed by atoms with Crippen LogP contribution in [0.1, 0.15) is 77.0 Å². The fourth-order valence-corrected chi connectivity index (χ4v) is 5.70. The summed E-state index contributed by atoms with van der Waals surface area (Å²) in [5.41, 5.74) is 0.469. The average molecular weight is 393 g/mol. The third-order valence-corrected chi connectivity index (χ3v) is 8.02. The lowest BCUT2D eigenvalue weighted by molar-refractivity contribution is -0.122. The quantitative estimate of drug-likeness (QED) is 0.515. The molecule has 2 aliphatic heterocycles. The minimum atomic E-state index is -0.210. The van der Waals surface area contributed by atoms with Crippen LogP contribution in [0.15, 0.2) is 0 Å². The molecule has 2 aliphatic carbocycles. The fourth-order valence-electron chi connectivity index (χ4n) is 5.70. The van der Waals surface area contributed by atoms with Crippen molar-refractivity contribution in [2.75, 3.05) is 26.4 Å². The molecule has 0 amide bonds. The summed E-state index contributed by atoms with van der Waals surface area (Å²) < 4.78 is 10.7. The normalized spacial score (nSPS) is 31.3. The van der Waals surface area contributed by atoms with E-state index in [0.29, 0.717) is 38.0 Å². The minimum absolute atomic E-state index is 0.143. The summed E-state index contributed by atoms with van der Waals surface area (Å²) in [6, 6.07) is 0. The zero-order valence-corrected chi connectivity index (χ0v) is 17.1. The summed E-state index contributed by atoms with van der Waals surface area (Å²) in [6.45, 7) is 1.88. The number of Topliss-reactive ketones (excluding diaryl/α,β-unsaturated/α-hetero) is 2. The highest BCUT2D eigenvalue weighted by atomic mass is 16.5. The Kier molecular flexibility index (Phi) is 6.24. The van der Waals surface area contributed by atoms with Crippen LogP contribution in [0.5, 0.6) is 0 Å². The largest absolute Gasteiger partial charge is 0.393 e. The van der Waals surface area contributed by atoms with Crippen molar-refractivity contribution in [3.63, 3.8) is 0 Å². The molecule has 0 aromatic carbocycles. The molecule has 2 heterocycles. The minimum Gasteiger partial charge on any atom is -0.393 e. The Hall–Kier alpha value is -0.780. The lowest BCUT2D eigenvalue weighted by Crippen LogP contribution is -2.24. The highest BCUT2D eigenvalue weighted by Crippen LogP contribution is 2.58. The second kappa shape index (κ2) is 8.53. The van der Waals surface area contributed by atoms with Gasteiger partial charge in [-0.3, -0.25) is 9.59 Å². The number of hydrogen-bond donors (Lipinski definition) is 1. The highest BCUT2D eigenvalue weighted by Gasteiger charge is 2.53. The van der Waals surface area contributed by atoms with E-state index in [-0.39, 0.29) is 28.8 Å². The zero-order chi connectivity index (χ0) is 19.6. The number of carbonyl (C=O) groups excluding carboxylic acids is 2. The molecule has 4 aliphatic rings. The van der Waals surface area contributed by atoms with Crippen molar-refractivity contribution in [2.45, 2.75) is 83.2 Å². The Labute approximate surface area is 168 Å². The van der Waals surface area contributed by atoms with Gasteiger partial charge in [0.25, 0.3) is 0 Å². The van der Waals surface area contributed by atoms with Gasteiger partial charge in [0.05, 0.1) is 19.3 Å². The first-order valence-electron chi connectivity index (χ1n) is 11.4. The van der Waals surface area contributed by atoms with Gasteiger partial charge in [0.15, 0.2) is 11.6 Å². The molecule has 4 rings (SSSR count). The van der Waals surface area contributed by atoms with Gasteiger partial charge < -0.3 is 14.6 Å². The molecule has 158 valence electrons. The highest BCUT2D eigenvalue weighted by molar-refractivity contribution is 5.85. The van der Waals surface area contributed by atoms with Crippen LogP contribution < -0.4 is 0 Å². The molecule has 4 fully saturated rings. The second-order valence-corrected chi connectivity index (χ2v) is 9.94. The molecule has 0 spiro atoms. The number of aliphatic hydroxyl groups is 1. The van der Waals surface area contributed by atoms with E-state index in [2.05, 4.69) is 0 Å². The van der Waals surface area contributed by atoms with Crippen LogP contribution in [0, 0.1) is 22.7 Å². The maximum atomic E-state index is 11.9. The van der Waals surface area contributed by atoms with Gasteiger partial charge in [0, 0.05) is 11.8 Å². The second-order valence-electron chi connectivity index (χ2n) is 9.94. The molecule has 2 saturated carbocycles. The molecule has 2 saturated heterocycles. The van der Waals surface area contributed by atoms with Crippen molar-refractivity contribution in [1.29, 1.82) is 0 Å². The van der Waals surface area contributed by atoms with Crippen LogP contribution in [0.2, 0.25) is 0 Å². The van der Waals surface area contributed by atoms with E-state index >= 15 is 0 Å². The van der Waals surface area contributed by atoms with E-state index in [9.17, 15) is 14.7 Å². The summed E-state index contributed by atoms with van der Waals surface area (Å²) >= 11 is 0. The van der Waals surface area contributed by atoms with Crippen LogP contribution in [0.3, 0.4) is 0 Å². The molecular formula is C23H36O5. The maximum Gasteiger partial charge on any atom is 0.164 e. The third kappa shape index (κ3) is 4.52. The van der Waals surface area contributed by atoms with Crippen molar-refractivity contribution in [3.05, 3.63) is 0 Å². The first-order valence-corrected chi connectivity index (χ1v) is 11.4. The number of ketones is 2. The standard InChI is InChI=1S/C23H36O5/c24-17(5-1-3-7-22(9-10-22)18-13-27-15-20(18)25)6-2-4-8-23(11-12-23)19-14-28-16-21(19)26/h17-19,24H,1-16H2. The summed E-state index contributed by atoms with van der Waals surface area (Å²) in [5, 5.41) is 10.3. The van der Waals surface area contributed by atoms with E-state index in [1.54, 1.807) is 0 Å². The van der Waals surface area contributed by atoms with Crippen LogP contribution >= 0.6 is 0 Å². The molecule has 0 aromatic rings. The van der Waals surface area contributed by atoms with Crippen molar-refractivity contribution < 1.29 is 24.2 Å². The Morgan fingerprint density at radius 3 is 1.54 bits per heavy atom. The topological polar surface area (TPSA) is 72.8 Å². The van der Waals surface area contributed by atoms with Crippen molar-refractivity contribution in [1.82, 2.24) is 0 Å². The molecule has 0 bridgehead atoms. The van der Waals surface area contributed by atoms with Gasteiger partial charge in [0.1, 0.15) is 13.2 Å². The molecular weight excluding hydrogens is 356 g/mol. The number of aliphatic hydroxyl groups excluding tert-OH is 1. The van der Waals surface area contributed by atoms with Gasteiger partial charge in [-0.05, 0) is 62.2 Å². The molecule has 0 radical (unpaired) electrons. The van der Waals surface area contributed by atoms with E-state index in [4.69, 9.17) is 9.47 Å². The number of ether oxygens (including phenoxy) is 2. The summed E-state index contributed by atoms with van der Waals surface area (Å²) in [6.07, 6.45) is 12.7. The van der Waals surface area contributed by atoms with Gasteiger partial charge >= 0.3 is 0 Å². The van der Waals surface area contributed by atoms with Gasteiger partial charge in [-0.15, -0.1) is 0 Å². The molecule has 2 atom stereocenters. The molecule has 5 nitrogen and oxygen atoms in total. The summed E-state index contributed by atoms with van der Waals surface area (Å²) in [5.74, 6) is 0.891. The van der Waals surface area contributed by atoms with E-state index in [0.717, 1.165) is 51.4 Å². The number of rotatable bonds is 12. The first-order chi connectivity index (χ1) is 13.5. The molecule has 1 N–H and O–H groups in total. The maximum absolute atomic E-state index is 11.9. The molecule has 0 aromatic heterocycles. The summed E-state index contributed by atoms with van der Waals surface area (Å²) in [7, 11) is 0. The molecule has 2 unspecified atom stereocenters. The smallest absolute Gasteiger partial charge is 0.164 e. The van der Waals surface area contributed by atoms with Gasteiger partial charge in [-0.25, -0.2) is 0 Å². The number of unbranched alkanes of at least 4 members (excludes halogenated alkanes) is 2. The van der Waals surface area contributed by atoms with Crippen LogP contribution in [-0.4, -0.2) is 49.2 Å². The van der Waals surface area contributed by atoms with Crippen molar-refractivity contribution in [2.24, 2.45) is 22.7 Å². The summed E-state index contributed by atoms with van der Waals surface area (Å²) in [4.78, 5) is 23.9. The number of carbonyl (C=O) groups is 2. The van der Waals surface area contributed by atoms with Crippen LogP contribution in [-0.2, 0) is 19.1 Å².